The van der Waals surface area contributed by atoms with E-state index in [-0.39, 0.29) is 5.91 Å². The Labute approximate surface area is 151 Å². The summed E-state index contributed by atoms with van der Waals surface area (Å²) in [5.74, 6) is 0.0180. The number of thiophene rings is 1. The summed E-state index contributed by atoms with van der Waals surface area (Å²) in [6.07, 6.45) is 0. The smallest absolute Gasteiger partial charge is 0.228 e. The Balaban J connectivity index is 2.07. The van der Waals surface area contributed by atoms with Crippen LogP contribution in [-0.2, 0) is 0 Å². The number of aromatic nitrogens is 1. The van der Waals surface area contributed by atoms with E-state index in [0.717, 1.165) is 33.0 Å². The molecule has 4 aromatic rings. The van der Waals surface area contributed by atoms with Crippen LogP contribution >= 0.6 is 11.3 Å². The van der Waals surface area contributed by atoms with Crippen molar-refractivity contribution < 1.29 is 4.79 Å². The molecule has 0 fully saturated rings. The minimum absolute atomic E-state index is 0.0180. The number of nitrogens with zero attached hydrogens (tertiary/aromatic N) is 1. The lowest BCUT2D eigenvalue weighted by Crippen LogP contribution is -2.08. The van der Waals surface area contributed by atoms with Crippen LogP contribution < -0.4 is 0 Å². The number of carbonyl (C=O) groups excluding carboxylic acids is 1. The van der Waals surface area contributed by atoms with Crippen molar-refractivity contribution in [1.82, 2.24) is 4.57 Å². The van der Waals surface area contributed by atoms with E-state index in [9.17, 15) is 4.79 Å². The van der Waals surface area contributed by atoms with E-state index in [1.807, 2.05) is 52.4 Å². The van der Waals surface area contributed by atoms with Gasteiger partial charge in [0.25, 0.3) is 0 Å². The van der Waals surface area contributed by atoms with Crippen molar-refractivity contribution in [3.8, 4) is 33.0 Å². The molecule has 4 rings (SSSR count). The first-order valence-electron chi connectivity index (χ1n) is 8.17. The third-order valence-corrected chi connectivity index (χ3v) is 5.11. The maximum absolute atomic E-state index is 12.6. The molecule has 0 radical (unpaired) electrons. The largest absolute Gasteiger partial charge is 0.279 e. The molecule has 0 aliphatic carbocycles. The Morgan fingerprint density at radius 1 is 0.840 bits per heavy atom. The molecule has 0 aliphatic rings. The Bertz CT molecular complexity index is 999. The predicted octanol–water partition coefficient (Wildman–Crippen LogP) is 6.21. The molecule has 0 bridgehead atoms. The van der Waals surface area contributed by atoms with E-state index in [4.69, 9.17) is 0 Å². The first kappa shape index (κ1) is 15.6. The van der Waals surface area contributed by atoms with Gasteiger partial charge in [-0.3, -0.25) is 9.36 Å². The van der Waals surface area contributed by atoms with E-state index in [0.29, 0.717) is 0 Å². The van der Waals surface area contributed by atoms with Gasteiger partial charge >= 0.3 is 0 Å². The fourth-order valence-electron chi connectivity index (χ4n) is 3.16. The zero-order chi connectivity index (χ0) is 17.2. The molecule has 0 amide bonds. The summed E-state index contributed by atoms with van der Waals surface area (Å²) in [5, 5.41) is 2.04. The van der Waals surface area contributed by atoms with E-state index in [1.165, 1.54) is 0 Å². The molecule has 0 saturated heterocycles. The molecular formula is C22H17NOS. The van der Waals surface area contributed by atoms with Crippen LogP contribution in [0, 0.1) is 0 Å². The number of benzene rings is 2. The molecule has 0 spiro atoms. The van der Waals surface area contributed by atoms with E-state index < -0.39 is 0 Å². The van der Waals surface area contributed by atoms with E-state index in [2.05, 4.69) is 36.4 Å². The Morgan fingerprint density at radius 2 is 1.48 bits per heavy atom. The summed E-state index contributed by atoms with van der Waals surface area (Å²) >= 11 is 1.65. The SMILES string of the molecule is CC(=O)n1c(-c2cccs2)cc(-c2ccccc2)c1-c1ccccc1. The van der Waals surface area contributed by atoms with Crippen LogP contribution in [0.25, 0.3) is 33.0 Å². The minimum Gasteiger partial charge on any atom is -0.279 e. The molecule has 3 heteroatoms. The zero-order valence-corrected chi connectivity index (χ0v) is 14.7. The average molecular weight is 343 g/mol. The monoisotopic (exact) mass is 343 g/mol. The van der Waals surface area contributed by atoms with E-state index in [1.54, 1.807) is 18.3 Å². The van der Waals surface area contributed by atoms with Gasteiger partial charge in [-0.15, -0.1) is 11.3 Å². The minimum atomic E-state index is 0.0180. The predicted molar refractivity (Wildman–Crippen MR) is 105 cm³/mol. The van der Waals surface area contributed by atoms with Crippen LogP contribution in [0.15, 0.2) is 84.2 Å². The zero-order valence-electron chi connectivity index (χ0n) is 13.8. The third-order valence-electron chi connectivity index (χ3n) is 4.22. The Hall–Kier alpha value is -2.91. The second kappa shape index (κ2) is 6.54. The third kappa shape index (κ3) is 2.83. The highest BCUT2D eigenvalue weighted by Gasteiger charge is 2.21. The summed E-state index contributed by atoms with van der Waals surface area (Å²) in [7, 11) is 0. The highest BCUT2D eigenvalue weighted by molar-refractivity contribution is 7.13. The molecule has 0 unspecified atom stereocenters. The standard InChI is InChI=1S/C22H17NOS/c1-16(24)23-20(21-13-8-14-25-21)15-19(17-9-4-2-5-10-17)22(23)18-11-6-3-7-12-18/h2-15H,1H3. The lowest BCUT2D eigenvalue weighted by Gasteiger charge is -2.11. The molecule has 0 aliphatic heterocycles. The molecule has 25 heavy (non-hydrogen) atoms. The van der Waals surface area contributed by atoms with Gasteiger partial charge < -0.3 is 0 Å². The maximum atomic E-state index is 12.6. The number of hydrogen-bond donors (Lipinski definition) is 0. The van der Waals surface area contributed by atoms with Crippen LogP contribution in [0.1, 0.15) is 11.7 Å². The van der Waals surface area contributed by atoms with Gasteiger partial charge in [-0.25, -0.2) is 0 Å². The van der Waals surface area contributed by atoms with Crippen LogP contribution in [0.5, 0.6) is 0 Å². The first-order chi connectivity index (χ1) is 12.3. The summed E-state index contributed by atoms with van der Waals surface area (Å²) in [5.41, 5.74) is 5.12. The van der Waals surface area contributed by atoms with Gasteiger partial charge in [0.15, 0.2) is 0 Å². The second-order valence-electron chi connectivity index (χ2n) is 5.86. The van der Waals surface area contributed by atoms with Gasteiger partial charge in [-0.05, 0) is 28.6 Å². The molecule has 2 heterocycles. The summed E-state index contributed by atoms with van der Waals surface area (Å²) < 4.78 is 1.84. The number of hydrogen-bond acceptors (Lipinski definition) is 2. The van der Waals surface area contributed by atoms with Gasteiger partial charge in [0, 0.05) is 12.5 Å². The topological polar surface area (TPSA) is 22.0 Å². The van der Waals surface area contributed by atoms with Crippen molar-refractivity contribution in [3.63, 3.8) is 0 Å². The molecule has 0 N–H and O–H groups in total. The van der Waals surface area contributed by atoms with Gasteiger partial charge in [0.2, 0.25) is 5.91 Å². The Morgan fingerprint density at radius 3 is 2.04 bits per heavy atom. The lowest BCUT2D eigenvalue weighted by molar-refractivity contribution is 0.0941. The first-order valence-corrected chi connectivity index (χ1v) is 9.05. The van der Waals surface area contributed by atoms with Crippen molar-refractivity contribution in [2.75, 3.05) is 0 Å². The highest BCUT2D eigenvalue weighted by Crippen LogP contribution is 2.40. The van der Waals surface area contributed by atoms with Crippen molar-refractivity contribution in [2.24, 2.45) is 0 Å². The fourth-order valence-corrected chi connectivity index (χ4v) is 3.89. The normalized spacial score (nSPS) is 10.8. The van der Waals surface area contributed by atoms with Crippen molar-refractivity contribution in [3.05, 3.63) is 84.2 Å². The van der Waals surface area contributed by atoms with Crippen LogP contribution in [0.4, 0.5) is 0 Å². The summed E-state index contributed by atoms with van der Waals surface area (Å²) in [4.78, 5) is 13.7. The quantitative estimate of drug-likeness (QED) is 0.433. The highest BCUT2D eigenvalue weighted by atomic mass is 32.1. The van der Waals surface area contributed by atoms with Crippen LogP contribution in [0.3, 0.4) is 0 Å². The maximum Gasteiger partial charge on any atom is 0.228 e. The number of carbonyl (C=O) groups is 1. The molecule has 2 aromatic heterocycles. The second-order valence-corrected chi connectivity index (χ2v) is 6.80. The van der Waals surface area contributed by atoms with Crippen molar-refractivity contribution in [1.29, 1.82) is 0 Å². The van der Waals surface area contributed by atoms with Gasteiger partial charge in [-0.2, -0.15) is 0 Å². The molecular weight excluding hydrogens is 326 g/mol. The molecule has 2 aromatic carbocycles. The molecule has 122 valence electrons. The summed E-state index contributed by atoms with van der Waals surface area (Å²) in [6, 6.07) is 26.6. The van der Waals surface area contributed by atoms with Crippen molar-refractivity contribution in [2.45, 2.75) is 6.92 Å². The lowest BCUT2D eigenvalue weighted by atomic mass is 10.0. The molecule has 0 saturated carbocycles. The van der Waals surface area contributed by atoms with Gasteiger partial charge in [0.05, 0.1) is 16.3 Å². The van der Waals surface area contributed by atoms with Crippen LogP contribution in [0.2, 0.25) is 0 Å². The van der Waals surface area contributed by atoms with Gasteiger partial charge in [-0.1, -0.05) is 66.7 Å². The fraction of sp³-hybridized carbons (Fsp3) is 0.0455. The number of rotatable bonds is 3. The van der Waals surface area contributed by atoms with Crippen LogP contribution in [-0.4, -0.2) is 10.5 Å². The Kier molecular flexibility index (Phi) is 4.08. The van der Waals surface area contributed by atoms with E-state index >= 15 is 0 Å². The van der Waals surface area contributed by atoms with Crippen molar-refractivity contribution >= 4 is 17.2 Å². The molecule has 0 atom stereocenters. The summed E-state index contributed by atoms with van der Waals surface area (Å²) in [6.45, 7) is 1.62. The molecule has 2 nitrogen and oxygen atoms in total. The average Bonchev–Trinajstić information content (AvgIpc) is 3.30. The van der Waals surface area contributed by atoms with Gasteiger partial charge in [0.1, 0.15) is 0 Å².